The third kappa shape index (κ3) is 7.69. The van der Waals surface area contributed by atoms with E-state index in [1.807, 2.05) is 37.3 Å². The molecule has 0 saturated heterocycles. The minimum absolute atomic E-state index is 0.110. The highest BCUT2D eigenvalue weighted by Crippen LogP contribution is 2.28. The van der Waals surface area contributed by atoms with Crippen LogP contribution in [0.4, 0.5) is 0 Å². The van der Waals surface area contributed by atoms with Crippen LogP contribution in [0.5, 0.6) is 0 Å². The molecular weight excluding hydrogens is 466 g/mol. The Kier molecular flexibility index (Phi) is 9.04. The average Bonchev–Trinajstić information content (AvgIpc) is 2.83. The van der Waals surface area contributed by atoms with Crippen LogP contribution < -0.4 is 5.32 Å². The van der Waals surface area contributed by atoms with Crippen molar-refractivity contribution in [3.8, 4) is 11.1 Å². The van der Waals surface area contributed by atoms with Crippen LogP contribution in [-0.2, 0) is 20.8 Å². The fourth-order valence-corrected chi connectivity index (χ4v) is 4.23. The molecule has 1 amide bonds. The number of nitrogens with one attached hydrogen (secondary N) is 1. The number of halogens is 1. The number of benzene rings is 3. The van der Waals surface area contributed by atoms with Gasteiger partial charge in [-0.2, -0.15) is 0 Å². The fraction of sp³-hybridized carbons (Fsp3) is 0.250. The second kappa shape index (κ2) is 12.2. The first kappa shape index (κ1) is 26.0. The van der Waals surface area contributed by atoms with Crippen LogP contribution in [0.25, 0.3) is 11.1 Å². The van der Waals surface area contributed by atoms with Crippen molar-refractivity contribution in [1.29, 1.82) is 0 Å². The molecule has 3 aromatic rings. The van der Waals surface area contributed by atoms with Crippen molar-refractivity contribution in [2.24, 2.45) is 5.92 Å². The van der Waals surface area contributed by atoms with Crippen molar-refractivity contribution in [3.05, 3.63) is 95.0 Å². The van der Waals surface area contributed by atoms with Crippen molar-refractivity contribution >= 4 is 29.4 Å². The maximum absolute atomic E-state index is 12.6. The maximum Gasteiger partial charge on any atom is 0.307 e. The van der Waals surface area contributed by atoms with E-state index >= 15 is 0 Å². The molecule has 3 aromatic carbocycles. The van der Waals surface area contributed by atoms with Gasteiger partial charge in [-0.1, -0.05) is 78.3 Å². The second-order valence-corrected chi connectivity index (χ2v) is 9.05. The monoisotopic (exact) mass is 493 g/mol. The number of hydrogen-bond donors (Lipinski definition) is 3. The molecule has 0 aliphatic rings. The molecule has 6 nitrogen and oxygen atoms in total. The first-order chi connectivity index (χ1) is 16.7. The number of carbonyl (C=O) groups excluding carboxylic acids is 1. The number of carboxylic acids is 2. The van der Waals surface area contributed by atoms with Crippen LogP contribution in [-0.4, -0.2) is 34.1 Å². The molecule has 0 bridgehead atoms. The molecule has 3 unspecified atom stereocenters. The topological polar surface area (TPSA) is 104 Å². The van der Waals surface area contributed by atoms with Gasteiger partial charge in [-0.05, 0) is 47.7 Å². The molecule has 0 aliphatic heterocycles. The Morgan fingerprint density at radius 3 is 2.00 bits per heavy atom. The van der Waals surface area contributed by atoms with E-state index in [1.165, 1.54) is 0 Å². The predicted octanol–water partition coefficient (Wildman–Crippen LogP) is 5.40. The van der Waals surface area contributed by atoms with E-state index in [0.29, 0.717) is 11.4 Å². The summed E-state index contributed by atoms with van der Waals surface area (Å²) in [4.78, 5) is 34.9. The average molecular weight is 494 g/mol. The lowest BCUT2D eigenvalue weighted by Crippen LogP contribution is -2.39. The van der Waals surface area contributed by atoms with Crippen molar-refractivity contribution in [2.75, 3.05) is 0 Å². The van der Waals surface area contributed by atoms with Crippen LogP contribution in [0.2, 0.25) is 5.02 Å². The van der Waals surface area contributed by atoms with Crippen LogP contribution in [0.1, 0.15) is 36.8 Å². The number of aliphatic carboxylic acids is 2. The first-order valence-corrected chi connectivity index (χ1v) is 11.7. The summed E-state index contributed by atoms with van der Waals surface area (Å²) in [7, 11) is 0. The van der Waals surface area contributed by atoms with Crippen LogP contribution in [0.3, 0.4) is 0 Å². The lowest BCUT2D eigenvalue weighted by molar-refractivity contribution is -0.149. The summed E-state index contributed by atoms with van der Waals surface area (Å²) >= 11 is 6.07. The molecule has 3 atom stereocenters. The van der Waals surface area contributed by atoms with Gasteiger partial charge in [0.1, 0.15) is 0 Å². The van der Waals surface area contributed by atoms with Gasteiger partial charge >= 0.3 is 11.9 Å². The Morgan fingerprint density at radius 2 is 1.43 bits per heavy atom. The van der Waals surface area contributed by atoms with Gasteiger partial charge in [0.25, 0.3) is 0 Å². The van der Waals surface area contributed by atoms with Gasteiger partial charge in [-0.25, -0.2) is 0 Å². The van der Waals surface area contributed by atoms with Gasteiger partial charge in [-0.15, -0.1) is 0 Å². The van der Waals surface area contributed by atoms with Gasteiger partial charge in [0, 0.05) is 23.4 Å². The molecule has 3 rings (SSSR count). The quantitative estimate of drug-likeness (QED) is 0.331. The predicted molar refractivity (Wildman–Crippen MR) is 135 cm³/mol. The van der Waals surface area contributed by atoms with Crippen LogP contribution in [0.15, 0.2) is 78.9 Å². The van der Waals surface area contributed by atoms with Crippen molar-refractivity contribution < 1.29 is 24.6 Å². The second-order valence-electron chi connectivity index (χ2n) is 8.62. The van der Waals surface area contributed by atoms with Gasteiger partial charge in [-0.3, -0.25) is 14.4 Å². The van der Waals surface area contributed by atoms with Crippen LogP contribution >= 0.6 is 11.6 Å². The zero-order valence-electron chi connectivity index (χ0n) is 19.4. The molecular formula is C28H28ClNO5. The molecule has 0 spiro atoms. The molecule has 7 heteroatoms. The molecule has 0 heterocycles. The Hall–Kier alpha value is -3.64. The number of hydrogen-bond acceptors (Lipinski definition) is 3. The summed E-state index contributed by atoms with van der Waals surface area (Å²) in [6.07, 6.45) is -0.369. The van der Waals surface area contributed by atoms with E-state index in [1.54, 1.807) is 12.1 Å². The normalized spacial score (nSPS) is 13.4. The molecule has 0 aliphatic carbocycles. The highest BCUT2D eigenvalue weighted by Gasteiger charge is 2.27. The summed E-state index contributed by atoms with van der Waals surface area (Å²) in [6.45, 7) is 1.86. The molecule has 0 aromatic heterocycles. The highest BCUT2D eigenvalue weighted by molar-refractivity contribution is 6.30. The zero-order chi connectivity index (χ0) is 25.4. The SMILES string of the molecule is CC(NC(=O)CC(CC(=O)O)C(=O)O)C(Cc1ccc(-c2ccccc2)cc1)c1ccc(Cl)cc1. The maximum atomic E-state index is 12.6. The van der Waals surface area contributed by atoms with E-state index in [9.17, 15) is 19.5 Å². The highest BCUT2D eigenvalue weighted by atomic mass is 35.5. The lowest BCUT2D eigenvalue weighted by Gasteiger charge is -2.26. The van der Waals surface area contributed by atoms with E-state index in [-0.39, 0.29) is 12.0 Å². The number of carbonyl (C=O) groups is 3. The van der Waals surface area contributed by atoms with E-state index < -0.39 is 36.6 Å². The van der Waals surface area contributed by atoms with Crippen molar-refractivity contribution in [2.45, 2.75) is 38.1 Å². The van der Waals surface area contributed by atoms with Gasteiger partial charge < -0.3 is 15.5 Å². The first-order valence-electron chi connectivity index (χ1n) is 11.4. The largest absolute Gasteiger partial charge is 0.481 e. The van der Waals surface area contributed by atoms with Crippen LogP contribution in [0, 0.1) is 5.92 Å². The number of rotatable bonds is 11. The molecule has 0 saturated carbocycles. The summed E-state index contributed by atoms with van der Waals surface area (Å²) in [5.74, 6) is -4.44. The van der Waals surface area contributed by atoms with E-state index in [4.69, 9.17) is 16.7 Å². The standard InChI is InChI=1S/C28H28ClNO5/c1-18(30-26(31)16-23(28(34)35)17-27(32)33)25(22-11-13-24(29)14-12-22)15-19-7-9-21(10-8-19)20-5-3-2-4-6-20/h2-14,18,23,25H,15-17H2,1H3,(H,30,31)(H,32,33)(H,34,35). The molecule has 0 fully saturated rings. The van der Waals surface area contributed by atoms with Crippen molar-refractivity contribution in [1.82, 2.24) is 5.32 Å². The lowest BCUT2D eigenvalue weighted by atomic mass is 9.86. The molecule has 0 radical (unpaired) electrons. The summed E-state index contributed by atoms with van der Waals surface area (Å²) < 4.78 is 0. The smallest absolute Gasteiger partial charge is 0.307 e. The minimum Gasteiger partial charge on any atom is -0.481 e. The molecule has 3 N–H and O–H groups in total. The number of carboxylic acid groups (broad SMARTS) is 2. The fourth-order valence-electron chi connectivity index (χ4n) is 4.11. The van der Waals surface area contributed by atoms with E-state index in [2.05, 4.69) is 41.7 Å². The third-order valence-electron chi connectivity index (χ3n) is 6.01. The summed E-state index contributed by atoms with van der Waals surface area (Å²) in [6, 6.07) is 25.4. The molecule has 182 valence electrons. The third-order valence-corrected chi connectivity index (χ3v) is 6.26. The number of amides is 1. The summed E-state index contributed by atoms with van der Waals surface area (Å²) in [5, 5.41) is 21.7. The summed E-state index contributed by atoms with van der Waals surface area (Å²) in [5.41, 5.74) is 4.30. The molecule has 35 heavy (non-hydrogen) atoms. The zero-order valence-corrected chi connectivity index (χ0v) is 20.1. The van der Waals surface area contributed by atoms with Gasteiger partial charge in [0.15, 0.2) is 0 Å². The Bertz CT molecular complexity index is 1150. The van der Waals surface area contributed by atoms with Crippen molar-refractivity contribution in [3.63, 3.8) is 0 Å². The van der Waals surface area contributed by atoms with Gasteiger partial charge in [0.05, 0.1) is 12.3 Å². The Balaban J connectivity index is 1.77. The minimum atomic E-state index is -1.30. The Morgan fingerprint density at radius 1 is 0.829 bits per heavy atom. The van der Waals surface area contributed by atoms with Gasteiger partial charge in [0.2, 0.25) is 5.91 Å². The Labute approximate surface area is 209 Å². The van der Waals surface area contributed by atoms with E-state index in [0.717, 1.165) is 22.3 Å².